The second-order valence-corrected chi connectivity index (χ2v) is 5.03. The Labute approximate surface area is 131 Å². The first-order valence-electron chi connectivity index (χ1n) is 6.20. The van der Waals surface area contributed by atoms with Crippen LogP contribution in [0.25, 0.3) is 0 Å². The Hall–Kier alpha value is -0.980. The van der Waals surface area contributed by atoms with E-state index in [4.69, 9.17) is 11.6 Å². The van der Waals surface area contributed by atoms with Crippen LogP contribution < -0.4 is 5.32 Å². The maximum Gasteiger partial charge on any atom is 0.397 e. The molecular formula is C13H15Cl2F3N2O. The summed E-state index contributed by atoms with van der Waals surface area (Å²) in [5.74, 6) is -0.913. The van der Waals surface area contributed by atoms with Crippen molar-refractivity contribution in [1.29, 1.82) is 0 Å². The maximum absolute atomic E-state index is 12.4. The summed E-state index contributed by atoms with van der Waals surface area (Å²) in [6.45, 7) is 1.11. The number of alkyl halides is 3. The smallest absolute Gasteiger partial charge is 0.333 e. The van der Waals surface area contributed by atoms with Crippen LogP contribution in [0.5, 0.6) is 0 Å². The highest BCUT2D eigenvalue weighted by atomic mass is 35.5. The lowest BCUT2D eigenvalue weighted by Gasteiger charge is -2.37. The van der Waals surface area contributed by atoms with Crippen LogP contribution >= 0.6 is 24.0 Å². The van der Waals surface area contributed by atoms with Gasteiger partial charge in [0.05, 0.1) is 6.04 Å². The van der Waals surface area contributed by atoms with Crippen molar-refractivity contribution in [3.05, 3.63) is 34.9 Å². The van der Waals surface area contributed by atoms with Gasteiger partial charge in [-0.05, 0) is 11.6 Å². The molecule has 0 aromatic heterocycles. The van der Waals surface area contributed by atoms with E-state index in [0.717, 1.165) is 0 Å². The van der Waals surface area contributed by atoms with Crippen molar-refractivity contribution >= 4 is 29.9 Å². The van der Waals surface area contributed by atoms with Gasteiger partial charge in [-0.25, -0.2) is 0 Å². The average Bonchev–Trinajstić information content (AvgIpc) is 2.37. The molecule has 1 aliphatic heterocycles. The van der Waals surface area contributed by atoms with Crippen LogP contribution in [-0.4, -0.2) is 36.6 Å². The fourth-order valence-electron chi connectivity index (χ4n) is 2.30. The third kappa shape index (κ3) is 4.76. The third-order valence-corrected chi connectivity index (χ3v) is 3.52. The lowest BCUT2D eigenvalue weighted by molar-refractivity contribution is -0.163. The molecule has 0 spiro atoms. The largest absolute Gasteiger partial charge is 0.397 e. The molecule has 1 aromatic rings. The van der Waals surface area contributed by atoms with Crippen molar-refractivity contribution in [2.24, 2.45) is 0 Å². The standard InChI is InChI=1S/C13H14ClF3N2O.ClH/c14-10-4-2-1-3-9(10)11-8-18-5-6-19(11)12(20)7-13(15,16)17;/h1-4,11,18H,5-8H2;1H. The van der Waals surface area contributed by atoms with Crippen LogP contribution in [0, 0.1) is 0 Å². The van der Waals surface area contributed by atoms with E-state index in [2.05, 4.69) is 5.32 Å². The number of hydrogen-bond acceptors (Lipinski definition) is 2. The van der Waals surface area contributed by atoms with E-state index in [9.17, 15) is 18.0 Å². The second kappa shape index (κ2) is 7.33. The first-order valence-corrected chi connectivity index (χ1v) is 6.57. The number of hydrogen-bond donors (Lipinski definition) is 1. The van der Waals surface area contributed by atoms with E-state index in [1.165, 1.54) is 4.90 Å². The molecule has 21 heavy (non-hydrogen) atoms. The van der Waals surface area contributed by atoms with Crippen molar-refractivity contribution in [3.8, 4) is 0 Å². The van der Waals surface area contributed by atoms with Gasteiger partial charge in [0.1, 0.15) is 6.42 Å². The zero-order valence-corrected chi connectivity index (χ0v) is 12.6. The Morgan fingerprint density at radius 1 is 1.38 bits per heavy atom. The molecule has 0 aliphatic carbocycles. The average molecular weight is 343 g/mol. The lowest BCUT2D eigenvalue weighted by atomic mass is 10.0. The number of benzene rings is 1. The summed E-state index contributed by atoms with van der Waals surface area (Å²) in [4.78, 5) is 13.1. The van der Waals surface area contributed by atoms with Gasteiger partial charge in [0, 0.05) is 24.7 Å². The number of piperazine rings is 1. The molecule has 1 N–H and O–H groups in total. The molecule has 1 amide bonds. The summed E-state index contributed by atoms with van der Waals surface area (Å²) in [5, 5.41) is 3.52. The summed E-state index contributed by atoms with van der Waals surface area (Å²) in [6, 6.07) is 6.42. The maximum atomic E-state index is 12.4. The zero-order valence-electron chi connectivity index (χ0n) is 11.0. The minimum absolute atomic E-state index is 0. The minimum Gasteiger partial charge on any atom is -0.333 e. The Bertz CT molecular complexity index is 497. The second-order valence-electron chi connectivity index (χ2n) is 4.62. The Morgan fingerprint density at radius 3 is 2.67 bits per heavy atom. The number of amides is 1. The Morgan fingerprint density at radius 2 is 2.05 bits per heavy atom. The normalized spacial score (nSPS) is 19.0. The van der Waals surface area contributed by atoms with Crippen LogP contribution in [0.2, 0.25) is 5.02 Å². The fraction of sp³-hybridized carbons (Fsp3) is 0.462. The molecule has 2 rings (SSSR count). The van der Waals surface area contributed by atoms with Crippen molar-refractivity contribution in [3.63, 3.8) is 0 Å². The van der Waals surface area contributed by atoms with E-state index < -0.39 is 24.5 Å². The molecule has 1 fully saturated rings. The lowest BCUT2D eigenvalue weighted by Crippen LogP contribution is -2.49. The van der Waals surface area contributed by atoms with Crippen LogP contribution in [0.1, 0.15) is 18.0 Å². The summed E-state index contributed by atoms with van der Waals surface area (Å²) in [6.07, 6.45) is -5.93. The Balaban J connectivity index is 0.00000220. The molecule has 0 bridgehead atoms. The van der Waals surface area contributed by atoms with Crippen molar-refractivity contribution in [2.45, 2.75) is 18.6 Å². The quantitative estimate of drug-likeness (QED) is 0.895. The molecule has 3 nitrogen and oxygen atoms in total. The van der Waals surface area contributed by atoms with Crippen molar-refractivity contribution in [1.82, 2.24) is 10.2 Å². The molecule has 8 heteroatoms. The highest BCUT2D eigenvalue weighted by Crippen LogP contribution is 2.30. The van der Waals surface area contributed by atoms with E-state index in [-0.39, 0.29) is 19.0 Å². The zero-order chi connectivity index (χ0) is 14.8. The number of halogens is 5. The number of nitrogens with zero attached hydrogens (tertiary/aromatic N) is 1. The SMILES string of the molecule is Cl.O=C(CC(F)(F)F)N1CCNCC1c1ccccc1Cl. The van der Waals surface area contributed by atoms with Crippen LogP contribution in [0.4, 0.5) is 13.2 Å². The van der Waals surface area contributed by atoms with E-state index >= 15 is 0 Å². The highest BCUT2D eigenvalue weighted by molar-refractivity contribution is 6.31. The van der Waals surface area contributed by atoms with Gasteiger partial charge >= 0.3 is 6.18 Å². The van der Waals surface area contributed by atoms with Crippen molar-refractivity contribution in [2.75, 3.05) is 19.6 Å². The molecule has 0 radical (unpaired) electrons. The molecule has 1 unspecified atom stereocenters. The van der Waals surface area contributed by atoms with Crippen LogP contribution in [0.3, 0.4) is 0 Å². The van der Waals surface area contributed by atoms with Gasteiger partial charge in [0.25, 0.3) is 0 Å². The fourth-order valence-corrected chi connectivity index (χ4v) is 2.56. The molecule has 0 saturated carbocycles. The number of rotatable bonds is 2. The molecule has 1 heterocycles. The number of carbonyl (C=O) groups excluding carboxylic acids is 1. The first kappa shape index (κ1) is 18.1. The molecule has 1 atom stereocenters. The summed E-state index contributed by atoms with van der Waals surface area (Å²) in [5.41, 5.74) is 0.664. The number of nitrogens with one attached hydrogen (secondary N) is 1. The molecular weight excluding hydrogens is 328 g/mol. The van der Waals surface area contributed by atoms with Gasteiger partial charge < -0.3 is 10.2 Å². The van der Waals surface area contributed by atoms with Crippen LogP contribution in [0.15, 0.2) is 24.3 Å². The van der Waals surface area contributed by atoms with Gasteiger partial charge in [-0.3, -0.25) is 4.79 Å². The van der Waals surface area contributed by atoms with Gasteiger partial charge in [-0.1, -0.05) is 29.8 Å². The molecule has 1 aromatic carbocycles. The van der Waals surface area contributed by atoms with Gasteiger partial charge in [-0.15, -0.1) is 12.4 Å². The summed E-state index contributed by atoms with van der Waals surface area (Å²) >= 11 is 6.07. The van der Waals surface area contributed by atoms with E-state index in [1.807, 2.05) is 0 Å². The topological polar surface area (TPSA) is 32.3 Å². The predicted octanol–water partition coefficient (Wildman–Crippen LogP) is 3.19. The minimum atomic E-state index is -4.49. The predicted molar refractivity (Wildman–Crippen MR) is 76.7 cm³/mol. The van der Waals surface area contributed by atoms with E-state index in [0.29, 0.717) is 23.7 Å². The highest BCUT2D eigenvalue weighted by Gasteiger charge is 2.37. The van der Waals surface area contributed by atoms with Gasteiger partial charge in [0.15, 0.2) is 0 Å². The van der Waals surface area contributed by atoms with Gasteiger partial charge in [-0.2, -0.15) is 13.2 Å². The monoisotopic (exact) mass is 342 g/mol. The molecule has 1 aliphatic rings. The summed E-state index contributed by atoms with van der Waals surface area (Å²) in [7, 11) is 0. The third-order valence-electron chi connectivity index (χ3n) is 3.18. The molecule has 118 valence electrons. The van der Waals surface area contributed by atoms with Crippen LogP contribution in [-0.2, 0) is 4.79 Å². The van der Waals surface area contributed by atoms with Crippen molar-refractivity contribution < 1.29 is 18.0 Å². The summed E-state index contributed by atoms with van der Waals surface area (Å²) < 4.78 is 37.1. The Kier molecular flexibility index (Phi) is 6.31. The number of carbonyl (C=O) groups is 1. The first-order chi connectivity index (χ1) is 9.38. The van der Waals surface area contributed by atoms with Gasteiger partial charge in [0.2, 0.25) is 5.91 Å². The van der Waals surface area contributed by atoms with E-state index in [1.54, 1.807) is 24.3 Å². The molecule has 1 saturated heterocycles.